The van der Waals surface area contributed by atoms with Gasteiger partial charge >= 0.3 is 0 Å². The lowest BCUT2D eigenvalue weighted by Gasteiger charge is -2.31. The lowest BCUT2D eigenvalue weighted by atomic mass is 9.74. The molecule has 0 atom stereocenters. The first kappa shape index (κ1) is 28.6. The van der Waals surface area contributed by atoms with Crippen LogP contribution in [0.4, 0.5) is 0 Å². The Kier molecular flexibility index (Phi) is 9.14. The minimum atomic E-state index is -0.404. The lowest BCUT2D eigenvalue weighted by Crippen LogP contribution is -2.34. The van der Waals surface area contributed by atoms with Crippen LogP contribution in [0.3, 0.4) is 0 Å². The van der Waals surface area contributed by atoms with Gasteiger partial charge in [-0.25, -0.2) is 4.98 Å². The van der Waals surface area contributed by atoms with E-state index >= 15 is 0 Å². The van der Waals surface area contributed by atoms with Crippen molar-refractivity contribution in [2.45, 2.75) is 63.8 Å². The highest BCUT2D eigenvalue weighted by Crippen LogP contribution is 2.46. The van der Waals surface area contributed by atoms with Crippen molar-refractivity contribution in [3.8, 4) is 11.6 Å². The highest BCUT2D eigenvalue weighted by molar-refractivity contribution is 5.95. The normalized spacial score (nSPS) is 14.3. The maximum atomic E-state index is 14.0. The first-order valence-corrected chi connectivity index (χ1v) is 14.7. The van der Waals surface area contributed by atoms with E-state index in [0.29, 0.717) is 25.4 Å². The molecule has 0 aliphatic heterocycles. The molecule has 0 radical (unpaired) electrons. The Balaban J connectivity index is 1.54. The summed E-state index contributed by atoms with van der Waals surface area (Å²) in [4.78, 5) is 24.8. The summed E-state index contributed by atoms with van der Waals surface area (Å²) in [5.74, 6) is -0.288. The molecule has 1 aliphatic rings. The summed E-state index contributed by atoms with van der Waals surface area (Å²) in [6.45, 7) is 2.62. The molecule has 5 rings (SSSR count). The van der Waals surface area contributed by atoms with Gasteiger partial charge in [-0.2, -0.15) is 4.98 Å². The van der Waals surface area contributed by atoms with Crippen molar-refractivity contribution in [3.05, 3.63) is 95.4 Å². The summed E-state index contributed by atoms with van der Waals surface area (Å²) in [5, 5.41) is 23.3. The molecule has 41 heavy (non-hydrogen) atoms. The number of carbonyl (C=O) groups is 1. The fraction of sp³-hybridized carbons (Fsp3) is 0.382. The number of hydrogen-bond donors (Lipinski definition) is 2. The average molecular weight is 554 g/mol. The third-order valence-electron chi connectivity index (χ3n) is 8.13. The predicted molar refractivity (Wildman–Crippen MR) is 160 cm³/mol. The van der Waals surface area contributed by atoms with Gasteiger partial charge in [0.15, 0.2) is 5.69 Å². The maximum Gasteiger partial charge on any atom is 0.276 e. The van der Waals surface area contributed by atoms with Gasteiger partial charge in [-0.3, -0.25) is 4.79 Å². The van der Waals surface area contributed by atoms with Crippen LogP contribution in [0.2, 0.25) is 0 Å². The molecule has 1 saturated carbocycles. The molecular formula is C34H39N3O4. The van der Waals surface area contributed by atoms with Crippen LogP contribution in [0.5, 0.6) is 11.6 Å². The number of benzene rings is 3. The Labute approximate surface area is 241 Å². The van der Waals surface area contributed by atoms with Gasteiger partial charge in [0.25, 0.3) is 11.8 Å². The molecule has 2 N–H and O–H groups in total. The number of nitrogens with zero attached hydrogens (tertiary/aromatic N) is 3. The zero-order valence-corrected chi connectivity index (χ0v) is 23.8. The number of rotatable bonds is 12. The van der Waals surface area contributed by atoms with Crippen LogP contribution < -0.4 is 4.74 Å². The number of aromatic hydroxyl groups is 1. The zero-order valence-electron chi connectivity index (χ0n) is 23.8. The van der Waals surface area contributed by atoms with Gasteiger partial charge in [0.2, 0.25) is 5.75 Å². The van der Waals surface area contributed by atoms with E-state index in [-0.39, 0.29) is 35.9 Å². The summed E-state index contributed by atoms with van der Waals surface area (Å²) in [7, 11) is 0. The number of aliphatic hydroxyl groups excluding tert-OH is 1. The maximum absolute atomic E-state index is 14.0. The van der Waals surface area contributed by atoms with Gasteiger partial charge in [-0.1, -0.05) is 99.0 Å². The van der Waals surface area contributed by atoms with E-state index in [9.17, 15) is 15.0 Å². The predicted octanol–water partition coefficient (Wildman–Crippen LogP) is 6.20. The molecule has 1 aliphatic carbocycles. The van der Waals surface area contributed by atoms with Gasteiger partial charge in [0.05, 0.1) is 13.2 Å². The van der Waals surface area contributed by atoms with Crippen molar-refractivity contribution in [1.82, 2.24) is 14.9 Å². The van der Waals surface area contributed by atoms with Crippen LogP contribution in [0.25, 0.3) is 10.8 Å². The monoisotopic (exact) mass is 553 g/mol. The summed E-state index contributed by atoms with van der Waals surface area (Å²) in [5.41, 5.74) is 2.03. The van der Waals surface area contributed by atoms with Crippen LogP contribution in [0, 0.1) is 0 Å². The van der Waals surface area contributed by atoms with Gasteiger partial charge < -0.3 is 19.8 Å². The molecule has 7 heteroatoms. The molecule has 0 spiro atoms. The Morgan fingerprint density at radius 2 is 1.71 bits per heavy atom. The van der Waals surface area contributed by atoms with E-state index in [0.717, 1.165) is 44.1 Å². The Morgan fingerprint density at radius 3 is 2.46 bits per heavy atom. The van der Waals surface area contributed by atoms with Crippen molar-refractivity contribution >= 4 is 16.7 Å². The van der Waals surface area contributed by atoms with Crippen molar-refractivity contribution in [2.24, 2.45) is 0 Å². The number of ether oxygens (including phenoxy) is 1. The van der Waals surface area contributed by atoms with E-state index < -0.39 is 5.91 Å². The van der Waals surface area contributed by atoms with Crippen molar-refractivity contribution in [2.75, 3.05) is 19.8 Å². The summed E-state index contributed by atoms with van der Waals surface area (Å²) in [6, 6.07) is 24.5. The quantitative estimate of drug-likeness (QED) is 0.203. The lowest BCUT2D eigenvalue weighted by molar-refractivity contribution is 0.0694. The van der Waals surface area contributed by atoms with Crippen LogP contribution in [0.1, 0.15) is 72.9 Å². The highest BCUT2D eigenvalue weighted by atomic mass is 16.5. The molecule has 1 aromatic heterocycles. The molecule has 214 valence electrons. The number of hydrogen-bond acceptors (Lipinski definition) is 6. The molecule has 1 fully saturated rings. The third-order valence-corrected chi connectivity index (χ3v) is 8.13. The summed E-state index contributed by atoms with van der Waals surface area (Å²) in [6.07, 6.45) is 6.33. The molecule has 1 heterocycles. The number of amides is 1. The Hall–Kier alpha value is -3.97. The topological polar surface area (TPSA) is 95.8 Å². The van der Waals surface area contributed by atoms with Crippen LogP contribution in [-0.4, -0.2) is 50.7 Å². The van der Waals surface area contributed by atoms with E-state index in [2.05, 4.69) is 47.4 Å². The molecule has 0 bridgehead atoms. The second-order valence-electron chi connectivity index (χ2n) is 11.0. The first-order chi connectivity index (χ1) is 20.0. The molecular weight excluding hydrogens is 514 g/mol. The van der Waals surface area contributed by atoms with Crippen LogP contribution >= 0.6 is 0 Å². The Bertz CT molecular complexity index is 1460. The van der Waals surface area contributed by atoms with Gasteiger partial charge in [0, 0.05) is 24.9 Å². The summed E-state index contributed by atoms with van der Waals surface area (Å²) < 4.78 is 5.92. The molecule has 0 unspecified atom stereocenters. The SMILES string of the molecule is CCCCOc1c(O)nc(CC2(c3cccc4ccccc34)CCCC2)nc1C(=O)N(CCO)Cc1ccccc1. The number of aliphatic hydroxyl groups is 1. The largest absolute Gasteiger partial charge is 0.491 e. The minimum Gasteiger partial charge on any atom is -0.491 e. The van der Waals surface area contributed by atoms with Crippen LogP contribution in [0.15, 0.2) is 72.8 Å². The number of aromatic nitrogens is 2. The third kappa shape index (κ3) is 6.35. The summed E-state index contributed by atoms with van der Waals surface area (Å²) >= 11 is 0. The van der Waals surface area contributed by atoms with Gasteiger partial charge in [0.1, 0.15) is 5.82 Å². The molecule has 4 aromatic rings. The van der Waals surface area contributed by atoms with Crippen molar-refractivity contribution < 1.29 is 19.7 Å². The molecule has 3 aromatic carbocycles. The number of unbranched alkanes of at least 4 members (excludes halogenated alkanes) is 1. The fourth-order valence-electron chi connectivity index (χ4n) is 6.07. The average Bonchev–Trinajstić information content (AvgIpc) is 3.47. The molecule has 7 nitrogen and oxygen atoms in total. The molecule has 0 saturated heterocycles. The smallest absolute Gasteiger partial charge is 0.276 e. The highest BCUT2D eigenvalue weighted by Gasteiger charge is 2.38. The first-order valence-electron chi connectivity index (χ1n) is 14.7. The van der Waals surface area contributed by atoms with E-state index in [4.69, 9.17) is 9.72 Å². The second kappa shape index (κ2) is 13.1. The van der Waals surface area contributed by atoms with E-state index in [1.54, 1.807) is 4.90 Å². The van der Waals surface area contributed by atoms with E-state index in [1.165, 1.54) is 16.3 Å². The van der Waals surface area contributed by atoms with Gasteiger partial charge in [-0.05, 0) is 41.2 Å². The van der Waals surface area contributed by atoms with Crippen molar-refractivity contribution in [1.29, 1.82) is 0 Å². The second-order valence-corrected chi connectivity index (χ2v) is 11.0. The standard InChI is InChI=1S/C34H39N3O4/c1-2-3-22-41-31-30(33(40)37(20-21-38)24-25-12-5-4-6-13-25)35-29(36-32(31)39)23-34(18-9-10-19-34)28-17-11-15-26-14-7-8-16-27(26)28/h4-8,11-17,38H,2-3,9-10,18-24H2,1H3,(H,35,36,39). The minimum absolute atomic E-state index is 0.00818. The molecule has 1 amide bonds. The van der Waals surface area contributed by atoms with Crippen molar-refractivity contribution in [3.63, 3.8) is 0 Å². The van der Waals surface area contributed by atoms with Crippen LogP contribution in [-0.2, 0) is 18.4 Å². The number of carbonyl (C=O) groups excluding carboxylic acids is 1. The Morgan fingerprint density at radius 1 is 0.976 bits per heavy atom. The van der Waals surface area contributed by atoms with E-state index in [1.807, 2.05) is 37.3 Å². The number of fused-ring (bicyclic) bond motifs is 1. The van der Waals surface area contributed by atoms with Gasteiger partial charge in [-0.15, -0.1) is 0 Å². The zero-order chi connectivity index (χ0) is 28.7. The fourth-order valence-corrected chi connectivity index (χ4v) is 6.07.